The summed E-state index contributed by atoms with van der Waals surface area (Å²) in [4.78, 5) is 24.9. The summed E-state index contributed by atoms with van der Waals surface area (Å²) in [5, 5.41) is 5.69. The van der Waals surface area contributed by atoms with Crippen LogP contribution >= 0.6 is 11.8 Å². The number of aryl methyl sites for hydroxylation is 1. The first kappa shape index (κ1) is 22.6. The molecule has 1 atom stereocenters. The Hall–Kier alpha value is -1.69. The third-order valence-corrected chi connectivity index (χ3v) is 5.98. The minimum absolute atomic E-state index is 0.176. The Labute approximate surface area is 173 Å². The van der Waals surface area contributed by atoms with Gasteiger partial charge in [0.05, 0.1) is 0 Å². The number of carbonyl (C=O) groups excluding carboxylic acids is 2. The van der Waals surface area contributed by atoms with Gasteiger partial charge in [-0.25, -0.2) is 4.79 Å². The summed E-state index contributed by atoms with van der Waals surface area (Å²) in [6.07, 6.45) is 4.61. The zero-order chi connectivity index (χ0) is 20.6. The topological polar surface area (TPSA) is 67.4 Å². The fourth-order valence-electron chi connectivity index (χ4n) is 3.18. The van der Waals surface area contributed by atoms with Crippen molar-refractivity contribution in [2.75, 3.05) is 11.5 Å². The van der Waals surface area contributed by atoms with E-state index in [0.29, 0.717) is 12.3 Å². The van der Waals surface area contributed by atoms with Crippen molar-refractivity contribution in [3.63, 3.8) is 0 Å². The zero-order valence-corrected chi connectivity index (χ0v) is 18.4. The van der Waals surface area contributed by atoms with Gasteiger partial charge >= 0.3 is 6.09 Å². The van der Waals surface area contributed by atoms with Crippen LogP contribution < -0.4 is 10.6 Å². The summed E-state index contributed by atoms with van der Waals surface area (Å²) in [5.74, 6) is 2.15. The average Bonchev–Trinajstić information content (AvgIpc) is 3.12. The number of carbonyl (C=O) groups is 2. The number of ether oxygens (including phenoxy) is 1. The van der Waals surface area contributed by atoms with Crippen LogP contribution in [0.15, 0.2) is 24.3 Å². The van der Waals surface area contributed by atoms with Crippen LogP contribution in [0.25, 0.3) is 0 Å². The fourth-order valence-corrected chi connectivity index (χ4v) is 4.45. The van der Waals surface area contributed by atoms with Crippen molar-refractivity contribution in [1.82, 2.24) is 10.6 Å². The minimum atomic E-state index is -0.605. The molecule has 2 amide bonds. The van der Waals surface area contributed by atoms with Crippen molar-refractivity contribution in [2.45, 2.75) is 71.6 Å². The maximum absolute atomic E-state index is 12.7. The van der Waals surface area contributed by atoms with Gasteiger partial charge in [-0.15, -0.1) is 0 Å². The molecule has 0 unspecified atom stereocenters. The van der Waals surface area contributed by atoms with Gasteiger partial charge in [0.25, 0.3) is 0 Å². The first-order chi connectivity index (χ1) is 13.2. The van der Waals surface area contributed by atoms with E-state index in [1.54, 1.807) is 11.8 Å². The van der Waals surface area contributed by atoms with Crippen molar-refractivity contribution >= 4 is 23.8 Å². The van der Waals surface area contributed by atoms with Gasteiger partial charge in [0.15, 0.2) is 0 Å². The van der Waals surface area contributed by atoms with E-state index in [4.69, 9.17) is 4.74 Å². The zero-order valence-electron chi connectivity index (χ0n) is 17.5. The van der Waals surface area contributed by atoms with E-state index < -0.39 is 17.7 Å². The summed E-state index contributed by atoms with van der Waals surface area (Å²) in [5.41, 5.74) is 1.63. The fraction of sp³-hybridized carbons (Fsp3) is 0.636. The highest BCUT2D eigenvalue weighted by atomic mass is 32.2. The molecule has 0 spiro atoms. The third kappa shape index (κ3) is 8.55. The molecule has 5 nitrogen and oxygen atoms in total. The van der Waals surface area contributed by atoms with Gasteiger partial charge in [-0.1, -0.05) is 42.7 Å². The number of benzene rings is 1. The van der Waals surface area contributed by atoms with Crippen molar-refractivity contribution in [3.05, 3.63) is 35.4 Å². The number of nitrogens with one attached hydrogen (secondary N) is 2. The van der Waals surface area contributed by atoms with E-state index in [1.165, 1.54) is 31.2 Å². The quantitative estimate of drug-likeness (QED) is 0.670. The molecule has 28 heavy (non-hydrogen) atoms. The van der Waals surface area contributed by atoms with Crippen LogP contribution in [0.2, 0.25) is 0 Å². The second kappa shape index (κ2) is 10.7. The van der Waals surface area contributed by atoms with Crippen molar-refractivity contribution in [2.24, 2.45) is 5.92 Å². The van der Waals surface area contributed by atoms with Gasteiger partial charge in [-0.2, -0.15) is 11.8 Å². The van der Waals surface area contributed by atoms with Gasteiger partial charge in [0, 0.05) is 12.3 Å². The molecule has 156 valence electrons. The third-order valence-electron chi connectivity index (χ3n) is 4.71. The Balaban J connectivity index is 1.89. The van der Waals surface area contributed by atoms with Gasteiger partial charge in [0.2, 0.25) is 5.91 Å². The minimum Gasteiger partial charge on any atom is -0.444 e. The molecule has 0 aliphatic heterocycles. The first-order valence-corrected chi connectivity index (χ1v) is 11.3. The molecule has 0 aromatic heterocycles. The van der Waals surface area contributed by atoms with Crippen LogP contribution in [0.1, 0.15) is 57.6 Å². The van der Waals surface area contributed by atoms with Crippen LogP contribution in [-0.4, -0.2) is 35.1 Å². The SMILES string of the molecule is Cc1ccc(CNC(=O)[C@H](CSCC2CCCC2)NC(=O)OC(C)(C)C)cc1. The van der Waals surface area contributed by atoms with Crippen LogP contribution in [0.5, 0.6) is 0 Å². The average molecular weight is 407 g/mol. The molecule has 2 rings (SSSR count). The van der Waals surface area contributed by atoms with Gasteiger partial charge in [-0.3, -0.25) is 4.79 Å². The lowest BCUT2D eigenvalue weighted by Gasteiger charge is -2.23. The van der Waals surface area contributed by atoms with Gasteiger partial charge in [-0.05, 0) is 57.8 Å². The Morgan fingerprint density at radius 3 is 2.43 bits per heavy atom. The summed E-state index contributed by atoms with van der Waals surface area (Å²) in [7, 11) is 0. The van der Waals surface area contributed by atoms with E-state index in [0.717, 1.165) is 17.2 Å². The van der Waals surface area contributed by atoms with Crippen LogP contribution in [0, 0.1) is 12.8 Å². The summed E-state index contributed by atoms with van der Waals surface area (Å²) >= 11 is 1.74. The Bertz CT molecular complexity index is 634. The molecule has 1 aromatic rings. The second-order valence-corrected chi connectivity index (χ2v) is 9.67. The van der Waals surface area contributed by atoms with Gasteiger partial charge in [0.1, 0.15) is 11.6 Å². The smallest absolute Gasteiger partial charge is 0.408 e. The molecule has 2 N–H and O–H groups in total. The van der Waals surface area contributed by atoms with Crippen LogP contribution in [0.3, 0.4) is 0 Å². The summed E-state index contributed by atoms with van der Waals surface area (Å²) in [6, 6.07) is 7.44. The van der Waals surface area contributed by atoms with Crippen LogP contribution in [0.4, 0.5) is 4.79 Å². The van der Waals surface area contributed by atoms with Crippen molar-refractivity contribution < 1.29 is 14.3 Å². The molecule has 6 heteroatoms. The molecule has 0 bridgehead atoms. The highest BCUT2D eigenvalue weighted by Gasteiger charge is 2.25. The highest BCUT2D eigenvalue weighted by molar-refractivity contribution is 7.99. The van der Waals surface area contributed by atoms with E-state index >= 15 is 0 Å². The van der Waals surface area contributed by atoms with Crippen molar-refractivity contribution in [1.29, 1.82) is 0 Å². The largest absolute Gasteiger partial charge is 0.444 e. The molecule has 0 saturated heterocycles. The number of rotatable bonds is 8. The number of hydrogen-bond donors (Lipinski definition) is 2. The molecule has 1 saturated carbocycles. The molecule has 1 fully saturated rings. The molecule has 1 aliphatic carbocycles. The summed E-state index contributed by atoms with van der Waals surface area (Å²) in [6.45, 7) is 7.92. The standard InChI is InChI=1S/C22H34N2O3S/c1-16-9-11-17(12-10-16)13-23-20(25)19(24-21(26)27-22(2,3)4)15-28-14-18-7-5-6-8-18/h9-12,18-19H,5-8,13-15H2,1-4H3,(H,23,25)(H,24,26)/t19-/m0/s1. The van der Waals surface area contributed by atoms with Crippen molar-refractivity contribution in [3.8, 4) is 0 Å². The van der Waals surface area contributed by atoms with E-state index in [2.05, 4.69) is 10.6 Å². The van der Waals surface area contributed by atoms with E-state index in [9.17, 15) is 9.59 Å². The number of hydrogen-bond acceptors (Lipinski definition) is 4. The molecule has 0 heterocycles. The highest BCUT2D eigenvalue weighted by Crippen LogP contribution is 2.28. The lowest BCUT2D eigenvalue weighted by Crippen LogP contribution is -2.49. The molecule has 1 aromatic carbocycles. The number of amides is 2. The normalized spacial score (nSPS) is 15.9. The molecular weight excluding hydrogens is 372 g/mol. The lowest BCUT2D eigenvalue weighted by atomic mass is 10.1. The maximum atomic E-state index is 12.7. The predicted molar refractivity (Wildman–Crippen MR) is 115 cm³/mol. The molecule has 1 aliphatic rings. The number of alkyl carbamates (subject to hydrolysis) is 1. The Kier molecular flexibility index (Phi) is 8.67. The second-order valence-electron chi connectivity index (χ2n) is 8.59. The molecule has 0 radical (unpaired) electrons. The van der Waals surface area contributed by atoms with E-state index in [1.807, 2.05) is 52.0 Å². The first-order valence-electron chi connectivity index (χ1n) is 10.1. The molecular formula is C22H34N2O3S. The van der Waals surface area contributed by atoms with E-state index in [-0.39, 0.29) is 5.91 Å². The maximum Gasteiger partial charge on any atom is 0.408 e. The summed E-state index contributed by atoms with van der Waals surface area (Å²) < 4.78 is 5.33. The van der Waals surface area contributed by atoms with Gasteiger partial charge < -0.3 is 15.4 Å². The monoisotopic (exact) mass is 406 g/mol. The lowest BCUT2D eigenvalue weighted by molar-refractivity contribution is -0.122. The Morgan fingerprint density at radius 1 is 1.18 bits per heavy atom. The predicted octanol–water partition coefficient (Wildman–Crippen LogP) is 4.43. The Morgan fingerprint density at radius 2 is 1.82 bits per heavy atom. The number of thioether (sulfide) groups is 1. The van der Waals surface area contributed by atoms with Crippen LogP contribution in [-0.2, 0) is 16.1 Å².